The molecule has 2 N–H and O–H groups in total. The Labute approximate surface area is 109 Å². The van der Waals surface area contributed by atoms with Crippen LogP contribution < -0.4 is 10.6 Å². The van der Waals surface area contributed by atoms with Crippen molar-refractivity contribution in [2.24, 2.45) is 0 Å². The predicted octanol–water partition coefficient (Wildman–Crippen LogP) is 2.07. The van der Waals surface area contributed by atoms with Crippen LogP contribution in [0.2, 0.25) is 0 Å². The van der Waals surface area contributed by atoms with Crippen LogP contribution in [0.15, 0.2) is 28.7 Å². The predicted molar refractivity (Wildman–Crippen MR) is 61.8 cm³/mol. The molecule has 0 aliphatic carbocycles. The van der Waals surface area contributed by atoms with Gasteiger partial charge in [0.2, 0.25) is 5.91 Å². The molecule has 0 unspecified atom stereocenters. The number of carbonyl (C=O) groups excluding carboxylic acids is 2. The molecular formula is C10H8BrF3N2O2. The molecule has 98 valence electrons. The number of benzene rings is 1. The highest BCUT2D eigenvalue weighted by Crippen LogP contribution is 2.16. The highest BCUT2D eigenvalue weighted by atomic mass is 79.9. The summed E-state index contributed by atoms with van der Waals surface area (Å²) in [5.74, 6) is -2.89. The molecule has 0 saturated heterocycles. The van der Waals surface area contributed by atoms with Gasteiger partial charge in [0.1, 0.15) is 0 Å². The second-order valence-corrected chi connectivity index (χ2v) is 4.15. The van der Waals surface area contributed by atoms with Crippen LogP contribution in [0, 0.1) is 0 Å². The molecule has 0 aliphatic heterocycles. The molecule has 0 aromatic heterocycles. The first-order valence-electron chi connectivity index (χ1n) is 4.69. The van der Waals surface area contributed by atoms with Gasteiger partial charge in [-0.15, -0.1) is 0 Å². The second-order valence-electron chi connectivity index (χ2n) is 3.24. The summed E-state index contributed by atoms with van der Waals surface area (Å²) in [7, 11) is 0. The van der Waals surface area contributed by atoms with Crippen LogP contribution in [-0.2, 0) is 9.59 Å². The third kappa shape index (κ3) is 4.74. The van der Waals surface area contributed by atoms with E-state index in [2.05, 4.69) is 21.2 Å². The van der Waals surface area contributed by atoms with Crippen molar-refractivity contribution in [2.45, 2.75) is 6.18 Å². The lowest BCUT2D eigenvalue weighted by Crippen LogP contribution is -2.41. The molecule has 0 fully saturated rings. The molecule has 0 bridgehead atoms. The molecule has 8 heteroatoms. The molecule has 2 amide bonds. The van der Waals surface area contributed by atoms with E-state index >= 15 is 0 Å². The van der Waals surface area contributed by atoms with E-state index in [9.17, 15) is 22.8 Å². The maximum absolute atomic E-state index is 11.8. The van der Waals surface area contributed by atoms with Gasteiger partial charge in [-0.05, 0) is 18.2 Å². The molecule has 0 aliphatic rings. The summed E-state index contributed by atoms with van der Waals surface area (Å²) in [5, 5.41) is 3.81. The zero-order chi connectivity index (χ0) is 13.8. The lowest BCUT2D eigenvalue weighted by Gasteiger charge is -2.08. The molecule has 0 spiro atoms. The van der Waals surface area contributed by atoms with Gasteiger partial charge in [0.05, 0.1) is 6.54 Å². The van der Waals surface area contributed by atoms with E-state index in [1.807, 2.05) is 0 Å². The topological polar surface area (TPSA) is 58.2 Å². The number of nitrogens with one attached hydrogen (secondary N) is 2. The van der Waals surface area contributed by atoms with Crippen molar-refractivity contribution < 1.29 is 22.8 Å². The molecule has 0 radical (unpaired) electrons. The van der Waals surface area contributed by atoms with Crippen LogP contribution in [0.5, 0.6) is 0 Å². The van der Waals surface area contributed by atoms with Gasteiger partial charge in [-0.1, -0.05) is 22.0 Å². The summed E-state index contributed by atoms with van der Waals surface area (Å²) in [4.78, 5) is 21.7. The number of anilines is 1. The third-order valence-electron chi connectivity index (χ3n) is 1.78. The molecule has 0 heterocycles. The van der Waals surface area contributed by atoms with E-state index in [0.717, 1.165) is 0 Å². The first kappa shape index (κ1) is 14.5. The third-order valence-corrected chi connectivity index (χ3v) is 2.27. The lowest BCUT2D eigenvalue weighted by atomic mass is 10.3. The minimum Gasteiger partial charge on any atom is -0.339 e. The van der Waals surface area contributed by atoms with Crippen LogP contribution in [0.25, 0.3) is 0 Å². The van der Waals surface area contributed by atoms with Crippen LogP contribution in [0.1, 0.15) is 0 Å². The van der Waals surface area contributed by atoms with E-state index in [4.69, 9.17) is 0 Å². The number of rotatable bonds is 3. The van der Waals surface area contributed by atoms with Crippen molar-refractivity contribution in [1.29, 1.82) is 0 Å². The fourth-order valence-electron chi connectivity index (χ4n) is 1.03. The first-order chi connectivity index (χ1) is 8.29. The number of amides is 2. The quantitative estimate of drug-likeness (QED) is 0.894. The number of halogens is 4. The minimum absolute atomic E-state index is 0.413. The van der Waals surface area contributed by atoms with Crippen molar-refractivity contribution in [3.8, 4) is 0 Å². The summed E-state index contributed by atoms with van der Waals surface area (Å²) in [6.45, 7) is -0.745. The Bertz CT molecular complexity index is 463. The molecule has 1 rings (SSSR count). The van der Waals surface area contributed by atoms with Crippen molar-refractivity contribution in [3.63, 3.8) is 0 Å². The Kier molecular flexibility index (Phi) is 4.71. The van der Waals surface area contributed by atoms with E-state index in [1.54, 1.807) is 24.3 Å². The highest BCUT2D eigenvalue weighted by molar-refractivity contribution is 9.10. The molecule has 1 aromatic rings. The molecular weight excluding hydrogens is 317 g/mol. The monoisotopic (exact) mass is 324 g/mol. The standard InChI is InChI=1S/C10H8BrF3N2O2/c11-6-2-1-3-7(4-6)16-8(17)5-15-9(18)10(12,13)14/h1-4H,5H2,(H,15,18)(H,16,17). The van der Waals surface area contributed by atoms with Gasteiger partial charge in [-0.2, -0.15) is 13.2 Å². The molecule has 1 aromatic carbocycles. The van der Waals surface area contributed by atoms with E-state index in [0.29, 0.717) is 10.2 Å². The Hall–Kier alpha value is -1.57. The summed E-state index contributed by atoms with van der Waals surface area (Å²) in [6, 6.07) is 6.51. The maximum Gasteiger partial charge on any atom is 0.471 e. The van der Waals surface area contributed by atoms with Gasteiger partial charge < -0.3 is 10.6 Å². The Morgan fingerprint density at radius 2 is 1.94 bits per heavy atom. The smallest absolute Gasteiger partial charge is 0.339 e. The van der Waals surface area contributed by atoms with E-state index < -0.39 is 24.5 Å². The molecule has 0 atom stereocenters. The highest BCUT2D eigenvalue weighted by Gasteiger charge is 2.38. The number of carbonyl (C=O) groups is 2. The van der Waals surface area contributed by atoms with Crippen LogP contribution >= 0.6 is 15.9 Å². The Morgan fingerprint density at radius 3 is 2.50 bits per heavy atom. The van der Waals surface area contributed by atoms with E-state index in [1.165, 1.54) is 5.32 Å². The fraction of sp³-hybridized carbons (Fsp3) is 0.200. The van der Waals surface area contributed by atoms with Crippen molar-refractivity contribution in [1.82, 2.24) is 5.32 Å². The Balaban J connectivity index is 2.46. The zero-order valence-corrected chi connectivity index (χ0v) is 10.4. The van der Waals surface area contributed by atoms with Gasteiger partial charge in [0, 0.05) is 10.2 Å². The summed E-state index contributed by atoms with van der Waals surface area (Å²) >= 11 is 3.17. The summed E-state index contributed by atoms with van der Waals surface area (Å²) in [6.07, 6.45) is -4.99. The van der Waals surface area contributed by atoms with Gasteiger partial charge in [0.15, 0.2) is 0 Å². The zero-order valence-electron chi connectivity index (χ0n) is 8.84. The molecule has 4 nitrogen and oxygen atoms in total. The minimum atomic E-state index is -4.99. The maximum atomic E-state index is 11.8. The number of hydrogen-bond donors (Lipinski definition) is 2. The average Bonchev–Trinajstić information content (AvgIpc) is 2.24. The van der Waals surface area contributed by atoms with Crippen molar-refractivity contribution >= 4 is 33.4 Å². The van der Waals surface area contributed by atoms with Crippen molar-refractivity contribution in [2.75, 3.05) is 11.9 Å². The van der Waals surface area contributed by atoms with Crippen LogP contribution in [-0.4, -0.2) is 24.5 Å². The van der Waals surface area contributed by atoms with Gasteiger partial charge in [0.25, 0.3) is 0 Å². The van der Waals surface area contributed by atoms with Crippen LogP contribution in [0.4, 0.5) is 18.9 Å². The van der Waals surface area contributed by atoms with Crippen LogP contribution in [0.3, 0.4) is 0 Å². The van der Waals surface area contributed by atoms with Gasteiger partial charge in [-0.25, -0.2) is 0 Å². The number of alkyl halides is 3. The molecule has 18 heavy (non-hydrogen) atoms. The number of hydrogen-bond acceptors (Lipinski definition) is 2. The summed E-state index contributed by atoms with van der Waals surface area (Å²) in [5.41, 5.74) is 0.413. The second kappa shape index (κ2) is 5.85. The summed E-state index contributed by atoms with van der Waals surface area (Å²) < 4.78 is 36.2. The first-order valence-corrected chi connectivity index (χ1v) is 5.49. The normalized spacial score (nSPS) is 10.9. The lowest BCUT2D eigenvalue weighted by molar-refractivity contribution is -0.173. The Morgan fingerprint density at radius 1 is 1.28 bits per heavy atom. The van der Waals surface area contributed by atoms with Crippen molar-refractivity contribution in [3.05, 3.63) is 28.7 Å². The van der Waals surface area contributed by atoms with E-state index in [-0.39, 0.29) is 0 Å². The van der Waals surface area contributed by atoms with Gasteiger partial charge in [-0.3, -0.25) is 9.59 Å². The fourth-order valence-corrected chi connectivity index (χ4v) is 1.43. The SMILES string of the molecule is O=C(CNC(=O)C(F)(F)F)Nc1cccc(Br)c1. The van der Waals surface area contributed by atoms with Gasteiger partial charge >= 0.3 is 12.1 Å². The molecule has 0 saturated carbocycles. The largest absolute Gasteiger partial charge is 0.471 e. The average molecular weight is 325 g/mol.